The van der Waals surface area contributed by atoms with Crippen LogP contribution in [-0.4, -0.2) is 43.7 Å². The van der Waals surface area contributed by atoms with Gasteiger partial charge in [0.05, 0.1) is 19.8 Å². The zero-order valence-corrected chi connectivity index (χ0v) is 10.6. The Morgan fingerprint density at radius 1 is 1.44 bits per heavy atom. The number of carbonyl (C=O) groups excluding carboxylic acids is 1. The number of nitrogens with two attached hydrogens (primary N) is 1. The molecule has 1 heterocycles. The molecule has 0 aromatic heterocycles. The van der Waals surface area contributed by atoms with Gasteiger partial charge in [-0.3, -0.25) is 9.69 Å². The lowest BCUT2D eigenvalue weighted by Gasteiger charge is -2.25. The number of nitrogen functional groups attached to an aromatic ring is 1. The van der Waals surface area contributed by atoms with E-state index < -0.39 is 0 Å². The second-order valence-electron chi connectivity index (χ2n) is 4.46. The molecule has 0 radical (unpaired) electrons. The fraction of sp³-hybridized carbons (Fsp3) is 0.462. The zero-order valence-electron chi connectivity index (χ0n) is 10.6. The molecule has 2 rings (SSSR count). The minimum Gasteiger partial charge on any atom is -0.398 e. The highest BCUT2D eigenvalue weighted by Gasteiger charge is 2.14. The van der Waals surface area contributed by atoms with E-state index in [0.29, 0.717) is 25.4 Å². The number of hydrogen-bond acceptors (Lipinski definition) is 4. The van der Waals surface area contributed by atoms with Crippen molar-refractivity contribution in [3.63, 3.8) is 0 Å². The van der Waals surface area contributed by atoms with Crippen LogP contribution in [0, 0.1) is 6.92 Å². The third kappa shape index (κ3) is 3.21. The molecular formula is C13H19N3O2. The van der Waals surface area contributed by atoms with Crippen LogP contribution >= 0.6 is 0 Å². The number of rotatable bonds is 3. The highest BCUT2D eigenvalue weighted by atomic mass is 16.5. The van der Waals surface area contributed by atoms with E-state index >= 15 is 0 Å². The molecule has 18 heavy (non-hydrogen) atoms. The van der Waals surface area contributed by atoms with Crippen LogP contribution in [0.25, 0.3) is 0 Å². The van der Waals surface area contributed by atoms with Crippen molar-refractivity contribution in [2.45, 2.75) is 6.92 Å². The largest absolute Gasteiger partial charge is 0.398 e. The maximum Gasteiger partial charge on any atom is 0.238 e. The first kappa shape index (κ1) is 12.9. The summed E-state index contributed by atoms with van der Waals surface area (Å²) in [5, 5.41) is 2.90. The van der Waals surface area contributed by atoms with Gasteiger partial charge in [0.15, 0.2) is 0 Å². The third-order valence-corrected chi connectivity index (χ3v) is 3.12. The van der Waals surface area contributed by atoms with Crippen molar-refractivity contribution in [3.8, 4) is 0 Å². The van der Waals surface area contributed by atoms with Gasteiger partial charge >= 0.3 is 0 Å². The molecule has 0 saturated carbocycles. The van der Waals surface area contributed by atoms with Gasteiger partial charge in [0.1, 0.15) is 0 Å². The SMILES string of the molecule is Cc1c(N)cccc1NC(=O)CN1CCOCC1. The van der Waals surface area contributed by atoms with Gasteiger partial charge < -0.3 is 15.8 Å². The Kier molecular flexibility index (Phi) is 4.17. The summed E-state index contributed by atoms with van der Waals surface area (Å²) in [5.74, 6) is -0.00870. The molecule has 0 spiro atoms. The maximum atomic E-state index is 11.9. The molecular weight excluding hydrogens is 230 g/mol. The highest BCUT2D eigenvalue weighted by Crippen LogP contribution is 2.20. The lowest BCUT2D eigenvalue weighted by molar-refractivity contribution is -0.118. The summed E-state index contributed by atoms with van der Waals surface area (Å²) < 4.78 is 5.24. The van der Waals surface area contributed by atoms with Gasteiger partial charge in [-0.15, -0.1) is 0 Å². The monoisotopic (exact) mass is 249 g/mol. The Hall–Kier alpha value is -1.59. The molecule has 5 heteroatoms. The molecule has 1 aromatic carbocycles. The second kappa shape index (κ2) is 5.84. The van der Waals surface area contributed by atoms with E-state index in [9.17, 15) is 4.79 Å². The summed E-state index contributed by atoms with van der Waals surface area (Å²) in [6, 6.07) is 5.53. The lowest BCUT2D eigenvalue weighted by Crippen LogP contribution is -2.41. The molecule has 5 nitrogen and oxygen atoms in total. The molecule has 0 unspecified atom stereocenters. The normalized spacial score (nSPS) is 16.5. The predicted octanol–water partition coefficient (Wildman–Crippen LogP) is 0.848. The first-order chi connectivity index (χ1) is 8.66. The quantitative estimate of drug-likeness (QED) is 0.779. The Labute approximate surface area is 107 Å². The zero-order chi connectivity index (χ0) is 13.0. The van der Waals surface area contributed by atoms with E-state index in [1.54, 1.807) is 0 Å². The molecule has 1 aliphatic heterocycles. The maximum absolute atomic E-state index is 11.9. The number of nitrogens with one attached hydrogen (secondary N) is 1. The highest BCUT2D eigenvalue weighted by molar-refractivity contribution is 5.93. The van der Waals surface area contributed by atoms with Crippen molar-refractivity contribution < 1.29 is 9.53 Å². The van der Waals surface area contributed by atoms with E-state index in [0.717, 1.165) is 24.3 Å². The van der Waals surface area contributed by atoms with Gasteiger partial charge in [0.25, 0.3) is 0 Å². The van der Waals surface area contributed by atoms with Crippen molar-refractivity contribution in [1.82, 2.24) is 4.90 Å². The van der Waals surface area contributed by atoms with Crippen LogP contribution < -0.4 is 11.1 Å². The van der Waals surface area contributed by atoms with Gasteiger partial charge in [-0.25, -0.2) is 0 Å². The summed E-state index contributed by atoms with van der Waals surface area (Å²) in [6.45, 7) is 5.32. The lowest BCUT2D eigenvalue weighted by atomic mass is 10.1. The van der Waals surface area contributed by atoms with Crippen LogP contribution in [0.2, 0.25) is 0 Å². The molecule has 0 bridgehead atoms. The summed E-state index contributed by atoms with van der Waals surface area (Å²) in [4.78, 5) is 14.0. The molecule has 1 amide bonds. The average Bonchev–Trinajstić information content (AvgIpc) is 2.36. The molecule has 0 atom stereocenters. The van der Waals surface area contributed by atoms with E-state index in [-0.39, 0.29) is 5.91 Å². The Bertz CT molecular complexity index is 428. The van der Waals surface area contributed by atoms with Gasteiger partial charge in [-0.2, -0.15) is 0 Å². The first-order valence-electron chi connectivity index (χ1n) is 6.12. The molecule has 1 aliphatic rings. The molecule has 1 aromatic rings. The van der Waals surface area contributed by atoms with Gasteiger partial charge in [-0.1, -0.05) is 6.07 Å². The van der Waals surface area contributed by atoms with Crippen molar-refractivity contribution in [1.29, 1.82) is 0 Å². The number of amides is 1. The van der Waals surface area contributed by atoms with Crippen molar-refractivity contribution in [2.75, 3.05) is 43.9 Å². The molecule has 98 valence electrons. The fourth-order valence-corrected chi connectivity index (χ4v) is 1.94. The number of anilines is 2. The molecule has 1 fully saturated rings. The Morgan fingerprint density at radius 3 is 2.89 bits per heavy atom. The second-order valence-corrected chi connectivity index (χ2v) is 4.46. The van der Waals surface area contributed by atoms with Crippen molar-refractivity contribution >= 4 is 17.3 Å². The fourth-order valence-electron chi connectivity index (χ4n) is 1.94. The van der Waals surface area contributed by atoms with Gasteiger partial charge in [-0.05, 0) is 24.6 Å². The summed E-state index contributed by atoms with van der Waals surface area (Å²) in [6.07, 6.45) is 0. The standard InChI is InChI=1S/C13H19N3O2/c1-10-11(14)3-2-4-12(10)15-13(17)9-16-5-7-18-8-6-16/h2-4H,5-9,14H2,1H3,(H,15,17). The Morgan fingerprint density at radius 2 is 2.17 bits per heavy atom. The van der Waals surface area contributed by atoms with Crippen LogP contribution in [0.5, 0.6) is 0 Å². The molecule has 0 aliphatic carbocycles. The van der Waals surface area contributed by atoms with Crippen LogP contribution in [-0.2, 0) is 9.53 Å². The van der Waals surface area contributed by atoms with E-state index in [1.807, 2.05) is 25.1 Å². The van der Waals surface area contributed by atoms with Crippen molar-refractivity contribution in [2.24, 2.45) is 0 Å². The number of benzene rings is 1. The molecule has 3 N–H and O–H groups in total. The van der Waals surface area contributed by atoms with Gasteiger partial charge in [0, 0.05) is 24.5 Å². The number of ether oxygens (including phenoxy) is 1. The summed E-state index contributed by atoms with van der Waals surface area (Å²) in [7, 11) is 0. The minimum atomic E-state index is -0.00870. The average molecular weight is 249 g/mol. The number of nitrogens with zero attached hydrogens (tertiary/aromatic N) is 1. The smallest absolute Gasteiger partial charge is 0.238 e. The van der Waals surface area contributed by atoms with Crippen LogP contribution in [0.4, 0.5) is 11.4 Å². The van der Waals surface area contributed by atoms with Crippen LogP contribution in [0.1, 0.15) is 5.56 Å². The summed E-state index contributed by atoms with van der Waals surface area (Å²) >= 11 is 0. The number of hydrogen-bond donors (Lipinski definition) is 2. The first-order valence-corrected chi connectivity index (χ1v) is 6.12. The topological polar surface area (TPSA) is 67.6 Å². The molecule has 1 saturated heterocycles. The number of morpholine rings is 1. The van der Waals surface area contributed by atoms with E-state index in [1.165, 1.54) is 0 Å². The number of carbonyl (C=O) groups is 1. The minimum absolute atomic E-state index is 0.00870. The Balaban J connectivity index is 1.92. The van der Waals surface area contributed by atoms with Crippen molar-refractivity contribution in [3.05, 3.63) is 23.8 Å². The summed E-state index contributed by atoms with van der Waals surface area (Å²) in [5.41, 5.74) is 8.19. The van der Waals surface area contributed by atoms with Gasteiger partial charge in [0.2, 0.25) is 5.91 Å². The predicted molar refractivity (Wildman–Crippen MR) is 71.5 cm³/mol. The van der Waals surface area contributed by atoms with Crippen LogP contribution in [0.3, 0.4) is 0 Å². The van der Waals surface area contributed by atoms with Crippen LogP contribution in [0.15, 0.2) is 18.2 Å². The van der Waals surface area contributed by atoms with E-state index in [2.05, 4.69) is 10.2 Å². The van der Waals surface area contributed by atoms with E-state index in [4.69, 9.17) is 10.5 Å². The third-order valence-electron chi connectivity index (χ3n) is 3.12.